The second kappa shape index (κ2) is 8.25. The van der Waals surface area contributed by atoms with Gasteiger partial charge in [0, 0.05) is 13.2 Å². The molecule has 1 aromatic heterocycles. The lowest BCUT2D eigenvalue weighted by Crippen LogP contribution is -2.37. The van der Waals surface area contributed by atoms with Crippen LogP contribution in [0.4, 0.5) is 4.39 Å². The molecule has 0 aliphatic carbocycles. The number of hydrogen-bond acceptors (Lipinski definition) is 3. The highest BCUT2D eigenvalue weighted by molar-refractivity contribution is 5.95. The third kappa shape index (κ3) is 4.25. The smallest absolute Gasteiger partial charge is 0.254 e. The third-order valence-electron chi connectivity index (χ3n) is 5.09. The van der Waals surface area contributed by atoms with E-state index in [1.54, 1.807) is 16.8 Å². The van der Waals surface area contributed by atoms with Crippen molar-refractivity contribution in [1.82, 2.24) is 15.1 Å². The molecule has 0 aliphatic rings. The van der Waals surface area contributed by atoms with Crippen LogP contribution >= 0.6 is 0 Å². The summed E-state index contributed by atoms with van der Waals surface area (Å²) in [6, 6.07) is 5.97. The standard InChI is InChI=1S/C19H26FN3O2/c1-4-19(5-2,10-11-24)13-21-18(25)17-12-22-23(14(17)3)16-8-6-15(20)7-9-16/h6-9,12,24H,4-5,10-11,13H2,1-3H3,(H,21,25). The maximum atomic E-state index is 13.1. The summed E-state index contributed by atoms with van der Waals surface area (Å²) < 4.78 is 14.7. The first-order valence-electron chi connectivity index (χ1n) is 8.66. The summed E-state index contributed by atoms with van der Waals surface area (Å²) in [5, 5.41) is 16.5. The van der Waals surface area contributed by atoms with Crippen LogP contribution in [0.25, 0.3) is 5.69 Å². The van der Waals surface area contributed by atoms with Crippen molar-refractivity contribution in [2.45, 2.75) is 40.0 Å². The molecular weight excluding hydrogens is 321 g/mol. The maximum absolute atomic E-state index is 13.1. The molecular formula is C19H26FN3O2. The van der Waals surface area contributed by atoms with Gasteiger partial charge in [-0.25, -0.2) is 9.07 Å². The minimum Gasteiger partial charge on any atom is -0.396 e. The number of nitrogens with zero attached hydrogens (tertiary/aromatic N) is 2. The topological polar surface area (TPSA) is 67.2 Å². The molecule has 0 unspecified atom stereocenters. The molecule has 25 heavy (non-hydrogen) atoms. The maximum Gasteiger partial charge on any atom is 0.254 e. The van der Waals surface area contributed by atoms with Gasteiger partial charge in [-0.2, -0.15) is 5.10 Å². The van der Waals surface area contributed by atoms with Crippen molar-refractivity contribution in [3.8, 4) is 5.69 Å². The van der Waals surface area contributed by atoms with Gasteiger partial charge in [-0.15, -0.1) is 0 Å². The lowest BCUT2D eigenvalue weighted by molar-refractivity contribution is 0.0906. The van der Waals surface area contributed by atoms with E-state index in [0.29, 0.717) is 29.9 Å². The Morgan fingerprint density at radius 3 is 2.48 bits per heavy atom. The van der Waals surface area contributed by atoms with Crippen LogP contribution in [0.15, 0.2) is 30.5 Å². The minimum atomic E-state index is -0.314. The van der Waals surface area contributed by atoms with Crippen molar-refractivity contribution >= 4 is 5.91 Å². The quantitative estimate of drug-likeness (QED) is 0.770. The van der Waals surface area contributed by atoms with Crippen molar-refractivity contribution in [3.05, 3.63) is 47.5 Å². The summed E-state index contributed by atoms with van der Waals surface area (Å²) in [6.45, 7) is 6.58. The predicted molar refractivity (Wildman–Crippen MR) is 95.3 cm³/mol. The van der Waals surface area contributed by atoms with Gasteiger partial charge in [-0.3, -0.25) is 4.79 Å². The molecule has 2 aromatic rings. The van der Waals surface area contributed by atoms with Crippen LogP contribution in [-0.2, 0) is 0 Å². The molecule has 0 radical (unpaired) electrons. The first-order valence-corrected chi connectivity index (χ1v) is 8.66. The van der Waals surface area contributed by atoms with Crippen LogP contribution in [0.3, 0.4) is 0 Å². The lowest BCUT2D eigenvalue weighted by atomic mass is 9.79. The minimum absolute atomic E-state index is 0.0920. The van der Waals surface area contributed by atoms with Gasteiger partial charge in [0.1, 0.15) is 5.82 Å². The molecule has 1 aromatic carbocycles. The Hall–Kier alpha value is -2.21. The van der Waals surface area contributed by atoms with Crippen LogP contribution in [-0.4, -0.2) is 33.9 Å². The number of aromatic nitrogens is 2. The lowest BCUT2D eigenvalue weighted by Gasteiger charge is -2.31. The zero-order valence-electron chi connectivity index (χ0n) is 15.1. The molecule has 0 bridgehead atoms. The first-order chi connectivity index (χ1) is 12.0. The van der Waals surface area contributed by atoms with Crippen molar-refractivity contribution in [2.24, 2.45) is 5.41 Å². The highest BCUT2D eigenvalue weighted by Crippen LogP contribution is 2.29. The van der Waals surface area contributed by atoms with Crippen LogP contribution in [0, 0.1) is 18.2 Å². The van der Waals surface area contributed by atoms with Gasteiger partial charge in [0.15, 0.2) is 0 Å². The Labute approximate surface area is 147 Å². The molecule has 0 saturated carbocycles. The molecule has 1 heterocycles. The molecule has 0 atom stereocenters. The largest absolute Gasteiger partial charge is 0.396 e. The number of rotatable bonds is 8. The SMILES string of the molecule is CCC(CC)(CCO)CNC(=O)c1cnn(-c2ccc(F)cc2)c1C. The number of halogens is 1. The molecule has 0 spiro atoms. The molecule has 1 amide bonds. The summed E-state index contributed by atoms with van der Waals surface area (Å²) in [4.78, 5) is 12.6. The number of nitrogens with one attached hydrogen (secondary N) is 1. The number of carbonyl (C=O) groups excluding carboxylic acids is 1. The number of carbonyl (C=O) groups is 1. The Kier molecular flexibility index (Phi) is 6.31. The predicted octanol–water partition coefficient (Wildman–Crippen LogP) is 3.24. The van der Waals surface area contributed by atoms with Gasteiger partial charge in [-0.1, -0.05) is 13.8 Å². The Morgan fingerprint density at radius 2 is 1.92 bits per heavy atom. The molecule has 0 fully saturated rings. The summed E-state index contributed by atoms with van der Waals surface area (Å²) in [5.41, 5.74) is 1.81. The molecule has 2 rings (SSSR count). The molecule has 136 valence electrons. The highest BCUT2D eigenvalue weighted by atomic mass is 19.1. The van der Waals surface area contributed by atoms with Crippen LogP contribution in [0.2, 0.25) is 0 Å². The zero-order valence-corrected chi connectivity index (χ0v) is 15.1. The van der Waals surface area contributed by atoms with E-state index < -0.39 is 0 Å². The third-order valence-corrected chi connectivity index (χ3v) is 5.09. The second-order valence-electron chi connectivity index (χ2n) is 6.40. The zero-order chi connectivity index (χ0) is 18.4. The average molecular weight is 347 g/mol. The monoisotopic (exact) mass is 347 g/mol. The van der Waals surface area contributed by atoms with Gasteiger partial charge in [0.2, 0.25) is 0 Å². The average Bonchev–Trinajstić information content (AvgIpc) is 3.01. The fourth-order valence-electron chi connectivity index (χ4n) is 3.02. The van der Waals surface area contributed by atoms with Crippen molar-refractivity contribution in [1.29, 1.82) is 0 Å². The van der Waals surface area contributed by atoms with E-state index in [2.05, 4.69) is 24.3 Å². The van der Waals surface area contributed by atoms with Gasteiger partial charge in [0.05, 0.1) is 23.1 Å². The van der Waals surface area contributed by atoms with E-state index in [0.717, 1.165) is 12.8 Å². The Balaban J connectivity index is 2.14. The van der Waals surface area contributed by atoms with Gasteiger partial charge >= 0.3 is 0 Å². The summed E-state index contributed by atoms with van der Waals surface area (Å²) >= 11 is 0. The number of amides is 1. The Morgan fingerprint density at radius 1 is 1.28 bits per heavy atom. The molecule has 0 aliphatic heterocycles. The molecule has 2 N–H and O–H groups in total. The summed E-state index contributed by atoms with van der Waals surface area (Å²) in [5.74, 6) is -0.499. The van der Waals surface area contributed by atoms with Crippen LogP contribution < -0.4 is 5.32 Å². The van der Waals surface area contributed by atoms with Gasteiger partial charge in [0.25, 0.3) is 5.91 Å². The van der Waals surface area contributed by atoms with Crippen LogP contribution in [0.5, 0.6) is 0 Å². The first kappa shape index (κ1) is 19.1. The number of aliphatic hydroxyl groups is 1. The molecule has 0 saturated heterocycles. The van der Waals surface area contributed by atoms with E-state index in [1.807, 2.05) is 6.92 Å². The molecule has 6 heteroatoms. The van der Waals surface area contributed by atoms with Crippen molar-refractivity contribution < 1.29 is 14.3 Å². The van der Waals surface area contributed by atoms with E-state index in [9.17, 15) is 14.3 Å². The van der Waals surface area contributed by atoms with E-state index in [1.165, 1.54) is 18.3 Å². The van der Waals surface area contributed by atoms with E-state index in [-0.39, 0.29) is 23.7 Å². The summed E-state index contributed by atoms with van der Waals surface area (Å²) in [7, 11) is 0. The van der Waals surface area contributed by atoms with Crippen molar-refractivity contribution in [3.63, 3.8) is 0 Å². The normalized spacial score (nSPS) is 11.6. The number of benzene rings is 1. The number of hydrogen-bond donors (Lipinski definition) is 2. The van der Waals surface area contributed by atoms with Crippen LogP contribution in [0.1, 0.15) is 49.2 Å². The van der Waals surface area contributed by atoms with E-state index in [4.69, 9.17) is 0 Å². The highest BCUT2D eigenvalue weighted by Gasteiger charge is 2.27. The summed E-state index contributed by atoms with van der Waals surface area (Å²) in [6.07, 6.45) is 3.96. The second-order valence-corrected chi connectivity index (χ2v) is 6.40. The van der Waals surface area contributed by atoms with E-state index >= 15 is 0 Å². The van der Waals surface area contributed by atoms with Gasteiger partial charge < -0.3 is 10.4 Å². The molecule has 5 nitrogen and oxygen atoms in total. The fraction of sp³-hybridized carbons (Fsp3) is 0.474. The van der Waals surface area contributed by atoms with Crippen molar-refractivity contribution in [2.75, 3.05) is 13.2 Å². The fourth-order valence-corrected chi connectivity index (χ4v) is 3.02. The number of aliphatic hydroxyl groups excluding tert-OH is 1. The van der Waals surface area contributed by atoms with Gasteiger partial charge in [-0.05, 0) is 55.9 Å². The Bertz CT molecular complexity index is 706.